The summed E-state index contributed by atoms with van der Waals surface area (Å²) in [5, 5.41) is 0. The summed E-state index contributed by atoms with van der Waals surface area (Å²) in [4.78, 5) is 8.54. The lowest BCUT2D eigenvalue weighted by atomic mass is 10.4. The lowest BCUT2D eigenvalue weighted by Crippen LogP contribution is -2.02. The highest BCUT2D eigenvalue weighted by Gasteiger charge is 2.09. The predicted molar refractivity (Wildman–Crippen MR) is 57.9 cm³/mol. The molecule has 2 aromatic rings. The zero-order chi connectivity index (χ0) is 10.7. The first-order chi connectivity index (χ1) is 7.33. The highest BCUT2D eigenvalue weighted by Crippen LogP contribution is 2.14. The Kier molecular flexibility index (Phi) is 2.55. The SMILES string of the molecule is C#CCCn1ccnc1-c1nccn1C. The number of aryl methyl sites for hydroxylation is 2. The molecule has 0 amide bonds. The molecule has 2 heterocycles. The van der Waals surface area contributed by atoms with Gasteiger partial charge in [-0.25, -0.2) is 9.97 Å². The van der Waals surface area contributed by atoms with Gasteiger partial charge in [-0.15, -0.1) is 12.3 Å². The molecule has 0 saturated carbocycles. The molecule has 0 bridgehead atoms. The summed E-state index contributed by atoms with van der Waals surface area (Å²) in [5.41, 5.74) is 0. The molecular formula is C11H12N4. The van der Waals surface area contributed by atoms with E-state index in [-0.39, 0.29) is 0 Å². The molecule has 0 aliphatic carbocycles. The van der Waals surface area contributed by atoms with Gasteiger partial charge in [0.1, 0.15) is 0 Å². The standard InChI is InChI=1S/C11H12N4/c1-3-4-7-15-9-6-13-11(15)10-12-5-8-14(10)2/h1,5-6,8-9H,4,7H2,2H3. The van der Waals surface area contributed by atoms with Crippen LogP contribution in [0.5, 0.6) is 0 Å². The minimum atomic E-state index is 0.702. The van der Waals surface area contributed by atoms with E-state index in [2.05, 4.69) is 15.9 Å². The van der Waals surface area contributed by atoms with Crippen LogP contribution in [0.25, 0.3) is 11.6 Å². The fourth-order valence-corrected chi connectivity index (χ4v) is 1.46. The molecule has 76 valence electrons. The van der Waals surface area contributed by atoms with Crippen molar-refractivity contribution in [3.63, 3.8) is 0 Å². The van der Waals surface area contributed by atoms with Gasteiger partial charge in [0, 0.05) is 44.8 Å². The lowest BCUT2D eigenvalue weighted by molar-refractivity contribution is 0.717. The van der Waals surface area contributed by atoms with Gasteiger partial charge in [0.15, 0.2) is 11.6 Å². The Bertz CT molecular complexity index is 487. The molecule has 0 aliphatic heterocycles. The minimum Gasteiger partial charge on any atom is -0.331 e. The Hall–Kier alpha value is -2.02. The maximum absolute atomic E-state index is 5.24. The number of imidazole rings is 2. The normalized spacial score (nSPS) is 10.1. The van der Waals surface area contributed by atoms with E-state index in [0.29, 0.717) is 6.42 Å². The van der Waals surface area contributed by atoms with Crippen LogP contribution in [0, 0.1) is 12.3 Å². The monoisotopic (exact) mass is 200 g/mol. The topological polar surface area (TPSA) is 35.6 Å². The number of aromatic nitrogens is 4. The van der Waals surface area contributed by atoms with Crippen molar-refractivity contribution in [1.82, 2.24) is 19.1 Å². The zero-order valence-corrected chi connectivity index (χ0v) is 8.59. The molecular weight excluding hydrogens is 188 g/mol. The first-order valence-electron chi connectivity index (χ1n) is 4.75. The van der Waals surface area contributed by atoms with Crippen LogP contribution >= 0.6 is 0 Å². The second-order valence-corrected chi connectivity index (χ2v) is 3.26. The fourth-order valence-electron chi connectivity index (χ4n) is 1.46. The van der Waals surface area contributed by atoms with E-state index < -0.39 is 0 Å². The molecule has 0 aromatic carbocycles. The van der Waals surface area contributed by atoms with Crippen LogP contribution in [0.15, 0.2) is 24.8 Å². The van der Waals surface area contributed by atoms with Gasteiger partial charge in [0.2, 0.25) is 0 Å². The maximum atomic E-state index is 5.24. The molecule has 15 heavy (non-hydrogen) atoms. The first-order valence-corrected chi connectivity index (χ1v) is 4.75. The molecule has 0 atom stereocenters. The van der Waals surface area contributed by atoms with Crippen LogP contribution in [-0.4, -0.2) is 19.1 Å². The highest BCUT2D eigenvalue weighted by molar-refractivity contribution is 5.44. The van der Waals surface area contributed by atoms with Crippen molar-refractivity contribution in [2.45, 2.75) is 13.0 Å². The van der Waals surface area contributed by atoms with E-state index in [1.807, 2.05) is 28.6 Å². The molecule has 4 heteroatoms. The molecule has 0 fully saturated rings. The third kappa shape index (κ3) is 1.77. The summed E-state index contributed by atoms with van der Waals surface area (Å²) in [5.74, 6) is 4.33. The molecule has 2 rings (SSSR count). The number of nitrogens with zero attached hydrogens (tertiary/aromatic N) is 4. The third-order valence-corrected chi connectivity index (χ3v) is 2.23. The van der Waals surface area contributed by atoms with Crippen molar-refractivity contribution >= 4 is 0 Å². The van der Waals surface area contributed by atoms with Crippen molar-refractivity contribution in [2.24, 2.45) is 7.05 Å². The number of hydrogen-bond acceptors (Lipinski definition) is 2. The summed E-state index contributed by atoms with van der Waals surface area (Å²) in [6.07, 6.45) is 13.3. The van der Waals surface area contributed by atoms with E-state index in [0.717, 1.165) is 18.2 Å². The van der Waals surface area contributed by atoms with Crippen molar-refractivity contribution in [3.8, 4) is 24.0 Å². The number of hydrogen-bond donors (Lipinski definition) is 0. The van der Waals surface area contributed by atoms with Crippen molar-refractivity contribution in [2.75, 3.05) is 0 Å². The van der Waals surface area contributed by atoms with E-state index in [1.165, 1.54) is 0 Å². The van der Waals surface area contributed by atoms with E-state index in [1.54, 1.807) is 12.4 Å². The Balaban J connectivity index is 2.33. The molecule has 0 N–H and O–H groups in total. The molecule has 2 aromatic heterocycles. The Morgan fingerprint density at radius 3 is 2.67 bits per heavy atom. The van der Waals surface area contributed by atoms with Gasteiger partial charge in [-0.1, -0.05) is 0 Å². The molecule has 0 unspecified atom stereocenters. The van der Waals surface area contributed by atoms with Crippen LogP contribution in [0.2, 0.25) is 0 Å². The van der Waals surface area contributed by atoms with Crippen LogP contribution in [0.1, 0.15) is 6.42 Å². The fraction of sp³-hybridized carbons (Fsp3) is 0.273. The van der Waals surface area contributed by atoms with E-state index in [9.17, 15) is 0 Å². The van der Waals surface area contributed by atoms with Crippen LogP contribution in [0.3, 0.4) is 0 Å². The Labute approximate surface area is 88.6 Å². The van der Waals surface area contributed by atoms with Crippen molar-refractivity contribution < 1.29 is 0 Å². The minimum absolute atomic E-state index is 0.702. The predicted octanol–water partition coefficient (Wildman–Crippen LogP) is 1.31. The zero-order valence-electron chi connectivity index (χ0n) is 8.59. The van der Waals surface area contributed by atoms with Gasteiger partial charge in [-0.05, 0) is 0 Å². The first kappa shape index (κ1) is 9.53. The van der Waals surface area contributed by atoms with Gasteiger partial charge in [0.05, 0.1) is 0 Å². The van der Waals surface area contributed by atoms with Crippen LogP contribution < -0.4 is 0 Å². The van der Waals surface area contributed by atoms with Gasteiger partial charge >= 0.3 is 0 Å². The molecule has 0 saturated heterocycles. The molecule has 4 nitrogen and oxygen atoms in total. The maximum Gasteiger partial charge on any atom is 0.176 e. The average molecular weight is 200 g/mol. The number of rotatable bonds is 3. The Morgan fingerprint density at radius 2 is 2.00 bits per heavy atom. The summed E-state index contributed by atoms with van der Waals surface area (Å²) in [7, 11) is 1.95. The van der Waals surface area contributed by atoms with E-state index >= 15 is 0 Å². The molecule has 0 radical (unpaired) electrons. The van der Waals surface area contributed by atoms with Crippen molar-refractivity contribution in [1.29, 1.82) is 0 Å². The van der Waals surface area contributed by atoms with Crippen LogP contribution in [-0.2, 0) is 13.6 Å². The largest absolute Gasteiger partial charge is 0.331 e. The smallest absolute Gasteiger partial charge is 0.176 e. The summed E-state index contributed by atoms with van der Waals surface area (Å²) < 4.78 is 3.96. The third-order valence-electron chi connectivity index (χ3n) is 2.23. The lowest BCUT2D eigenvalue weighted by Gasteiger charge is -2.05. The van der Waals surface area contributed by atoms with Gasteiger partial charge in [-0.3, -0.25) is 0 Å². The van der Waals surface area contributed by atoms with Gasteiger partial charge < -0.3 is 9.13 Å². The van der Waals surface area contributed by atoms with Crippen LogP contribution in [0.4, 0.5) is 0 Å². The van der Waals surface area contributed by atoms with Gasteiger partial charge in [0.25, 0.3) is 0 Å². The summed E-state index contributed by atoms with van der Waals surface area (Å²) in [6, 6.07) is 0. The highest BCUT2D eigenvalue weighted by atomic mass is 15.1. The van der Waals surface area contributed by atoms with Gasteiger partial charge in [-0.2, -0.15) is 0 Å². The second-order valence-electron chi connectivity index (χ2n) is 3.26. The average Bonchev–Trinajstić information content (AvgIpc) is 2.82. The summed E-state index contributed by atoms with van der Waals surface area (Å²) >= 11 is 0. The Morgan fingerprint density at radius 1 is 1.27 bits per heavy atom. The molecule has 0 aliphatic rings. The summed E-state index contributed by atoms with van der Waals surface area (Å²) in [6.45, 7) is 0.776. The number of terminal acetylenes is 1. The second kappa shape index (κ2) is 4.01. The van der Waals surface area contributed by atoms with E-state index in [4.69, 9.17) is 6.42 Å². The molecule has 0 spiro atoms. The quantitative estimate of drug-likeness (QED) is 0.700. The van der Waals surface area contributed by atoms with Crippen molar-refractivity contribution in [3.05, 3.63) is 24.8 Å².